The third-order valence-corrected chi connectivity index (χ3v) is 3.77. The summed E-state index contributed by atoms with van der Waals surface area (Å²) < 4.78 is 0. The van der Waals surface area contributed by atoms with E-state index in [4.69, 9.17) is 0 Å². The Bertz CT molecular complexity index is 161. The summed E-state index contributed by atoms with van der Waals surface area (Å²) in [6, 6.07) is 1.67. The number of nitrogens with one attached hydrogen (secondary N) is 1. The number of rotatable bonds is 4. The fraction of sp³-hybridized carbons (Fsp3) is 1.00. The van der Waals surface area contributed by atoms with E-state index >= 15 is 0 Å². The lowest BCUT2D eigenvalue weighted by Gasteiger charge is -2.47. The van der Waals surface area contributed by atoms with Crippen LogP contribution in [0.1, 0.15) is 20.3 Å². The van der Waals surface area contributed by atoms with Gasteiger partial charge in [0, 0.05) is 31.7 Å². The second-order valence-corrected chi connectivity index (χ2v) is 4.48. The first-order valence-corrected chi connectivity index (χ1v) is 6.04. The highest BCUT2D eigenvalue weighted by Crippen LogP contribution is 2.20. The predicted octanol–water partition coefficient (Wildman–Crippen LogP) is 0.374. The Hall–Kier alpha value is -0.120. The van der Waals surface area contributed by atoms with Crippen molar-refractivity contribution < 1.29 is 0 Å². The van der Waals surface area contributed by atoms with E-state index in [9.17, 15) is 0 Å². The zero-order valence-corrected chi connectivity index (χ0v) is 9.50. The van der Waals surface area contributed by atoms with Gasteiger partial charge >= 0.3 is 0 Å². The van der Waals surface area contributed by atoms with Gasteiger partial charge in [-0.3, -0.25) is 9.80 Å². The lowest BCUT2D eigenvalue weighted by Crippen LogP contribution is -2.62. The molecule has 0 aromatic heterocycles. The molecule has 0 radical (unpaired) electrons. The van der Waals surface area contributed by atoms with Crippen LogP contribution < -0.4 is 5.32 Å². The molecule has 0 bridgehead atoms. The van der Waals surface area contributed by atoms with Crippen LogP contribution in [0, 0.1) is 0 Å². The summed E-state index contributed by atoms with van der Waals surface area (Å²) in [6.07, 6.45) is 1.35. The first-order valence-electron chi connectivity index (χ1n) is 6.04. The van der Waals surface area contributed by atoms with Gasteiger partial charge in [-0.2, -0.15) is 0 Å². The molecule has 0 spiro atoms. The van der Waals surface area contributed by atoms with Crippen molar-refractivity contribution in [3.05, 3.63) is 0 Å². The Morgan fingerprint density at radius 3 is 2.50 bits per heavy atom. The van der Waals surface area contributed by atoms with Crippen molar-refractivity contribution in [1.29, 1.82) is 0 Å². The molecule has 82 valence electrons. The van der Waals surface area contributed by atoms with Gasteiger partial charge in [0.1, 0.15) is 0 Å². The van der Waals surface area contributed by atoms with E-state index in [1.807, 2.05) is 0 Å². The molecule has 14 heavy (non-hydrogen) atoms. The van der Waals surface area contributed by atoms with Crippen LogP contribution >= 0.6 is 0 Å². The van der Waals surface area contributed by atoms with E-state index in [2.05, 4.69) is 29.0 Å². The molecule has 2 saturated heterocycles. The molecule has 3 nitrogen and oxygen atoms in total. The van der Waals surface area contributed by atoms with E-state index in [1.165, 1.54) is 45.7 Å². The summed E-state index contributed by atoms with van der Waals surface area (Å²) >= 11 is 0. The molecule has 2 aliphatic rings. The Kier molecular flexibility index (Phi) is 3.42. The van der Waals surface area contributed by atoms with Crippen molar-refractivity contribution in [2.24, 2.45) is 0 Å². The van der Waals surface area contributed by atoms with E-state index in [0.29, 0.717) is 0 Å². The van der Waals surface area contributed by atoms with Crippen molar-refractivity contribution in [1.82, 2.24) is 15.1 Å². The molecule has 2 fully saturated rings. The minimum absolute atomic E-state index is 0.835. The first kappa shape index (κ1) is 10.4. The molecule has 0 aromatic carbocycles. The Morgan fingerprint density at radius 2 is 2.00 bits per heavy atom. The van der Waals surface area contributed by atoms with Crippen molar-refractivity contribution in [3.8, 4) is 0 Å². The minimum Gasteiger partial charge on any atom is -0.315 e. The summed E-state index contributed by atoms with van der Waals surface area (Å²) in [7, 11) is 0. The largest absolute Gasteiger partial charge is 0.315 e. The normalized spacial score (nSPS) is 29.8. The van der Waals surface area contributed by atoms with Crippen molar-refractivity contribution >= 4 is 0 Å². The number of likely N-dealkylation sites (tertiary alicyclic amines) is 1. The molecule has 1 unspecified atom stereocenters. The van der Waals surface area contributed by atoms with Crippen LogP contribution in [0.3, 0.4) is 0 Å². The Balaban J connectivity index is 1.72. The van der Waals surface area contributed by atoms with Gasteiger partial charge in [-0.1, -0.05) is 13.8 Å². The van der Waals surface area contributed by atoms with Crippen LogP contribution in [0.2, 0.25) is 0 Å². The van der Waals surface area contributed by atoms with E-state index in [-0.39, 0.29) is 0 Å². The van der Waals surface area contributed by atoms with Gasteiger partial charge in [-0.05, 0) is 26.1 Å². The summed E-state index contributed by atoms with van der Waals surface area (Å²) in [5.41, 5.74) is 0. The maximum absolute atomic E-state index is 3.44. The van der Waals surface area contributed by atoms with Crippen LogP contribution in [-0.4, -0.2) is 61.2 Å². The smallest absolute Gasteiger partial charge is 0.0350 e. The average Bonchev–Trinajstić information content (AvgIpc) is 2.63. The van der Waals surface area contributed by atoms with Gasteiger partial charge in [-0.25, -0.2) is 0 Å². The Morgan fingerprint density at radius 1 is 1.29 bits per heavy atom. The highest BCUT2D eigenvalue weighted by atomic mass is 15.3. The molecule has 0 aromatic rings. The monoisotopic (exact) mass is 197 g/mol. The zero-order chi connectivity index (χ0) is 9.97. The fourth-order valence-corrected chi connectivity index (χ4v) is 2.71. The lowest BCUT2D eigenvalue weighted by atomic mass is 10.0. The lowest BCUT2D eigenvalue weighted by molar-refractivity contribution is 0.0146. The molecule has 0 saturated carbocycles. The Labute approximate surface area is 87.4 Å². The number of hydrogen-bond acceptors (Lipinski definition) is 3. The fourth-order valence-electron chi connectivity index (χ4n) is 2.71. The topological polar surface area (TPSA) is 18.5 Å². The van der Waals surface area contributed by atoms with Crippen molar-refractivity contribution in [2.45, 2.75) is 32.4 Å². The molecular weight excluding hydrogens is 174 g/mol. The van der Waals surface area contributed by atoms with Crippen molar-refractivity contribution in [3.63, 3.8) is 0 Å². The quantitative estimate of drug-likeness (QED) is 0.703. The van der Waals surface area contributed by atoms with Crippen molar-refractivity contribution in [2.75, 3.05) is 39.3 Å². The molecule has 2 aliphatic heterocycles. The maximum Gasteiger partial charge on any atom is 0.0350 e. The summed E-state index contributed by atoms with van der Waals surface area (Å²) in [5.74, 6) is 0. The van der Waals surface area contributed by atoms with Crippen LogP contribution in [-0.2, 0) is 0 Å². The van der Waals surface area contributed by atoms with Gasteiger partial charge < -0.3 is 5.32 Å². The molecule has 3 heteroatoms. The number of nitrogens with zero attached hydrogens (tertiary/aromatic N) is 2. The second-order valence-electron chi connectivity index (χ2n) is 4.48. The van der Waals surface area contributed by atoms with Crippen LogP contribution in [0.4, 0.5) is 0 Å². The predicted molar refractivity (Wildman–Crippen MR) is 59.6 cm³/mol. The molecular formula is C11H23N3. The van der Waals surface area contributed by atoms with Gasteiger partial charge in [0.25, 0.3) is 0 Å². The second kappa shape index (κ2) is 4.60. The minimum atomic E-state index is 0.835. The first-order chi connectivity index (χ1) is 6.85. The zero-order valence-electron chi connectivity index (χ0n) is 9.50. The highest BCUT2D eigenvalue weighted by molar-refractivity contribution is 4.93. The standard InChI is InChI=1S/C11H23N3/c1-3-13(4-2)11-8-14(9-11)10-5-6-12-7-10/h10-12H,3-9H2,1-2H3. The van der Waals surface area contributed by atoms with E-state index < -0.39 is 0 Å². The molecule has 1 atom stereocenters. The number of likely N-dealkylation sites (N-methyl/N-ethyl adjacent to an activating group) is 1. The molecule has 2 heterocycles. The summed E-state index contributed by atoms with van der Waals surface area (Å²) in [4.78, 5) is 5.22. The maximum atomic E-state index is 3.44. The third kappa shape index (κ3) is 1.95. The summed E-state index contributed by atoms with van der Waals surface area (Å²) in [6.45, 7) is 12.0. The molecule has 0 amide bonds. The highest BCUT2D eigenvalue weighted by Gasteiger charge is 2.35. The number of hydrogen-bond donors (Lipinski definition) is 1. The average molecular weight is 197 g/mol. The van der Waals surface area contributed by atoms with Crippen LogP contribution in [0.25, 0.3) is 0 Å². The van der Waals surface area contributed by atoms with Gasteiger partial charge in [-0.15, -0.1) is 0 Å². The third-order valence-electron chi connectivity index (χ3n) is 3.77. The van der Waals surface area contributed by atoms with Crippen LogP contribution in [0.15, 0.2) is 0 Å². The molecule has 2 rings (SSSR count). The van der Waals surface area contributed by atoms with E-state index in [0.717, 1.165) is 12.1 Å². The molecule has 0 aliphatic carbocycles. The van der Waals surface area contributed by atoms with E-state index in [1.54, 1.807) is 0 Å². The molecule has 1 N–H and O–H groups in total. The summed E-state index contributed by atoms with van der Waals surface area (Å²) in [5, 5.41) is 3.44. The van der Waals surface area contributed by atoms with Crippen LogP contribution in [0.5, 0.6) is 0 Å². The van der Waals surface area contributed by atoms with Gasteiger partial charge in [0.2, 0.25) is 0 Å². The van der Waals surface area contributed by atoms with Gasteiger partial charge in [0.05, 0.1) is 0 Å². The van der Waals surface area contributed by atoms with Gasteiger partial charge in [0.15, 0.2) is 0 Å². The SMILES string of the molecule is CCN(CC)C1CN(C2CCNC2)C1.